The molecule has 2 atom stereocenters. The molecule has 0 spiro atoms. The van der Waals surface area contributed by atoms with Crippen LogP contribution in [0.3, 0.4) is 0 Å². The Morgan fingerprint density at radius 3 is 2.84 bits per heavy atom. The maximum absolute atomic E-state index is 12.7. The minimum Gasteiger partial charge on any atom is -0.379 e. The first kappa shape index (κ1) is 18.3. The summed E-state index contributed by atoms with van der Waals surface area (Å²) in [5.41, 5.74) is 0.305. The van der Waals surface area contributed by atoms with Crippen LogP contribution in [0.1, 0.15) is 29.6 Å². The molecule has 2 N–H and O–H groups in total. The lowest BCUT2D eigenvalue weighted by atomic mass is 10.1. The highest BCUT2D eigenvalue weighted by atomic mass is 32.2. The van der Waals surface area contributed by atoms with Gasteiger partial charge in [-0.3, -0.25) is 4.79 Å². The molecule has 1 aromatic carbocycles. The van der Waals surface area contributed by atoms with Gasteiger partial charge in [-0.15, -0.1) is 0 Å². The van der Waals surface area contributed by atoms with E-state index in [0.29, 0.717) is 37.7 Å². The van der Waals surface area contributed by atoms with Crippen LogP contribution in [-0.2, 0) is 19.5 Å². The molecule has 1 amide bonds. The number of carbonyl (C=O) groups is 1. The minimum atomic E-state index is -3.75. The van der Waals surface area contributed by atoms with Crippen LogP contribution in [0.25, 0.3) is 0 Å². The number of amides is 1. The highest BCUT2D eigenvalue weighted by molar-refractivity contribution is 7.89. The zero-order chi connectivity index (χ0) is 17.9. The normalized spacial score (nSPS) is 24.0. The van der Waals surface area contributed by atoms with E-state index in [2.05, 4.69) is 10.0 Å². The molecule has 1 heterocycles. The van der Waals surface area contributed by atoms with Gasteiger partial charge in [-0.2, -0.15) is 0 Å². The van der Waals surface area contributed by atoms with Gasteiger partial charge in [-0.05, 0) is 43.4 Å². The van der Waals surface area contributed by atoms with Crippen LogP contribution in [0.2, 0.25) is 0 Å². The SMILES string of the molecule is CNC(=O)c1cccc(S(=O)(=O)N[C@H]2CCOC[C@@H]2OCC2CC2)c1. The summed E-state index contributed by atoms with van der Waals surface area (Å²) in [5.74, 6) is 0.275. The van der Waals surface area contributed by atoms with Crippen molar-refractivity contribution in [3.05, 3.63) is 29.8 Å². The van der Waals surface area contributed by atoms with Crippen LogP contribution in [0.5, 0.6) is 0 Å². The van der Waals surface area contributed by atoms with Crippen LogP contribution < -0.4 is 10.0 Å². The molecular weight excluding hydrogens is 344 g/mol. The van der Waals surface area contributed by atoms with Crippen molar-refractivity contribution < 1.29 is 22.7 Å². The first-order chi connectivity index (χ1) is 12.0. The van der Waals surface area contributed by atoms with Crippen molar-refractivity contribution in [3.63, 3.8) is 0 Å². The minimum absolute atomic E-state index is 0.0704. The molecular formula is C17H24N2O5S. The number of benzene rings is 1. The molecule has 1 aliphatic carbocycles. The molecule has 25 heavy (non-hydrogen) atoms. The molecule has 0 aromatic heterocycles. The molecule has 0 bridgehead atoms. The number of hydrogen-bond acceptors (Lipinski definition) is 5. The summed E-state index contributed by atoms with van der Waals surface area (Å²) < 4.78 is 39.5. The van der Waals surface area contributed by atoms with Gasteiger partial charge in [0, 0.05) is 25.8 Å². The monoisotopic (exact) mass is 368 g/mol. The van der Waals surface area contributed by atoms with Crippen molar-refractivity contribution in [3.8, 4) is 0 Å². The van der Waals surface area contributed by atoms with E-state index in [4.69, 9.17) is 9.47 Å². The maximum Gasteiger partial charge on any atom is 0.251 e. The summed E-state index contributed by atoms with van der Waals surface area (Å²) in [7, 11) is -2.24. The lowest BCUT2D eigenvalue weighted by Crippen LogP contribution is -2.50. The Kier molecular flexibility index (Phi) is 5.73. The Morgan fingerprint density at radius 1 is 1.32 bits per heavy atom. The van der Waals surface area contributed by atoms with E-state index in [1.165, 1.54) is 32.0 Å². The summed E-state index contributed by atoms with van der Waals surface area (Å²) in [6.07, 6.45) is 2.63. The van der Waals surface area contributed by atoms with Crippen molar-refractivity contribution in [1.82, 2.24) is 10.0 Å². The summed E-state index contributed by atoms with van der Waals surface area (Å²) in [4.78, 5) is 11.8. The predicted octanol–water partition coefficient (Wildman–Crippen LogP) is 0.909. The molecule has 2 aliphatic rings. The average molecular weight is 368 g/mol. The molecule has 1 aromatic rings. The second-order valence-corrected chi connectivity index (χ2v) is 8.23. The molecule has 0 unspecified atom stereocenters. The van der Waals surface area contributed by atoms with E-state index >= 15 is 0 Å². The lowest BCUT2D eigenvalue weighted by molar-refractivity contribution is -0.0672. The van der Waals surface area contributed by atoms with Gasteiger partial charge in [-0.25, -0.2) is 13.1 Å². The Hall–Kier alpha value is -1.48. The van der Waals surface area contributed by atoms with Crippen molar-refractivity contribution in [2.75, 3.05) is 26.9 Å². The van der Waals surface area contributed by atoms with Gasteiger partial charge in [-0.1, -0.05) is 6.07 Å². The van der Waals surface area contributed by atoms with Crippen LogP contribution in [0.4, 0.5) is 0 Å². The molecule has 3 rings (SSSR count). The Labute approximate surface area is 148 Å². The number of carbonyl (C=O) groups excluding carboxylic acids is 1. The summed E-state index contributed by atoms with van der Waals surface area (Å²) in [5, 5.41) is 2.49. The Balaban J connectivity index is 1.71. The molecule has 8 heteroatoms. The van der Waals surface area contributed by atoms with Crippen LogP contribution in [-0.4, -0.2) is 53.3 Å². The van der Waals surface area contributed by atoms with Crippen LogP contribution in [0.15, 0.2) is 29.2 Å². The largest absolute Gasteiger partial charge is 0.379 e. The lowest BCUT2D eigenvalue weighted by Gasteiger charge is -2.32. The number of hydrogen-bond donors (Lipinski definition) is 2. The van der Waals surface area contributed by atoms with E-state index in [9.17, 15) is 13.2 Å². The number of nitrogens with one attached hydrogen (secondary N) is 2. The van der Waals surface area contributed by atoms with E-state index < -0.39 is 10.0 Å². The van der Waals surface area contributed by atoms with Crippen LogP contribution in [0, 0.1) is 5.92 Å². The quantitative estimate of drug-likeness (QED) is 0.746. The highest BCUT2D eigenvalue weighted by Crippen LogP contribution is 2.30. The van der Waals surface area contributed by atoms with Gasteiger partial charge in [0.2, 0.25) is 10.0 Å². The molecule has 1 aliphatic heterocycles. The van der Waals surface area contributed by atoms with Gasteiger partial charge in [0.05, 0.1) is 23.6 Å². The van der Waals surface area contributed by atoms with E-state index in [1.807, 2.05) is 0 Å². The fraction of sp³-hybridized carbons (Fsp3) is 0.588. The molecule has 0 radical (unpaired) electrons. The number of sulfonamides is 1. The smallest absolute Gasteiger partial charge is 0.251 e. The maximum atomic E-state index is 12.7. The van der Waals surface area contributed by atoms with Gasteiger partial charge in [0.15, 0.2) is 0 Å². The summed E-state index contributed by atoms with van der Waals surface area (Å²) in [6.45, 7) is 1.53. The fourth-order valence-corrected chi connectivity index (χ4v) is 4.12. The van der Waals surface area contributed by atoms with Crippen molar-refractivity contribution in [1.29, 1.82) is 0 Å². The molecule has 138 valence electrons. The third-order valence-electron chi connectivity index (χ3n) is 4.49. The number of rotatable bonds is 7. The second-order valence-electron chi connectivity index (χ2n) is 6.51. The number of ether oxygens (including phenoxy) is 2. The first-order valence-corrected chi connectivity index (χ1v) is 10.0. The van der Waals surface area contributed by atoms with Crippen molar-refractivity contribution in [2.24, 2.45) is 5.92 Å². The Bertz CT molecular complexity index is 718. The van der Waals surface area contributed by atoms with Crippen molar-refractivity contribution in [2.45, 2.75) is 36.3 Å². The second kappa shape index (κ2) is 7.82. The molecule has 7 nitrogen and oxygen atoms in total. The predicted molar refractivity (Wildman–Crippen MR) is 91.8 cm³/mol. The Morgan fingerprint density at radius 2 is 2.12 bits per heavy atom. The van der Waals surface area contributed by atoms with E-state index in [1.54, 1.807) is 12.1 Å². The van der Waals surface area contributed by atoms with E-state index in [-0.39, 0.29) is 22.9 Å². The van der Waals surface area contributed by atoms with Gasteiger partial charge in [0.25, 0.3) is 5.91 Å². The summed E-state index contributed by atoms with van der Waals surface area (Å²) >= 11 is 0. The zero-order valence-electron chi connectivity index (χ0n) is 14.2. The fourth-order valence-electron chi connectivity index (χ4n) is 2.77. The third-order valence-corrected chi connectivity index (χ3v) is 5.97. The molecule has 1 saturated carbocycles. The third kappa shape index (κ3) is 4.78. The standard InChI is InChI=1S/C17H24N2O5S/c1-18-17(20)13-3-2-4-14(9-13)25(21,22)19-15-7-8-23-11-16(15)24-10-12-5-6-12/h2-4,9,12,15-16,19H,5-8,10-11H2,1H3,(H,18,20)/t15-,16-/m0/s1. The van der Waals surface area contributed by atoms with Crippen molar-refractivity contribution >= 4 is 15.9 Å². The topological polar surface area (TPSA) is 93.7 Å². The van der Waals surface area contributed by atoms with E-state index in [0.717, 1.165) is 0 Å². The van der Waals surface area contributed by atoms with Crippen LogP contribution >= 0.6 is 0 Å². The zero-order valence-corrected chi connectivity index (χ0v) is 15.1. The highest BCUT2D eigenvalue weighted by Gasteiger charge is 2.32. The summed E-state index contributed by atoms with van der Waals surface area (Å²) in [6, 6.07) is 5.66. The molecule has 1 saturated heterocycles. The molecule has 2 fully saturated rings. The van der Waals surface area contributed by atoms with Gasteiger partial charge < -0.3 is 14.8 Å². The van der Waals surface area contributed by atoms with Gasteiger partial charge >= 0.3 is 0 Å². The average Bonchev–Trinajstić information content (AvgIpc) is 3.44. The first-order valence-electron chi connectivity index (χ1n) is 8.53. The van der Waals surface area contributed by atoms with Gasteiger partial charge in [0.1, 0.15) is 0 Å².